The minimum absolute atomic E-state index is 0.284. The van der Waals surface area contributed by atoms with Crippen molar-refractivity contribution < 1.29 is 13.2 Å². The summed E-state index contributed by atoms with van der Waals surface area (Å²) in [5.41, 5.74) is 4.24. The van der Waals surface area contributed by atoms with Crippen LogP contribution < -0.4 is 15.3 Å². The maximum atomic E-state index is 11.9. The number of hydrogen-bond donors (Lipinski definition) is 0. The first-order valence-electron chi connectivity index (χ1n) is 7.31. The van der Waals surface area contributed by atoms with E-state index in [9.17, 15) is 8.42 Å². The first-order valence-corrected chi connectivity index (χ1v) is 9.20. The van der Waals surface area contributed by atoms with Crippen molar-refractivity contribution in [3.8, 4) is 11.5 Å². The minimum atomic E-state index is -3.30. The number of sulfone groups is 1. The minimum Gasteiger partial charge on any atom is -0.452 e. The van der Waals surface area contributed by atoms with E-state index in [0.29, 0.717) is 22.7 Å². The number of fused-ring (bicyclic) bond motifs is 2. The highest BCUT2D eigenvalue weighted by Gasteiger charge is 2.21. The molecule has 0 fully saturated rings. The number of ether oxygens (including phenoxy) is 1. The maximum Gasteiger partial charge on any atom is 0.175 e. The van der Waals surface area contributed by atoms with E-state index in [4.69, 9.17) is 4.74 Å². The van der Waals surface area contributed by atoms with E-state index in [0.717, 1.165) is 27.3 Å². The molecule has 2 aromatic rings. The van der Waals surface area contributed by atoms with Gasteiger partial charge in [-0.15, -0.1) is 0 Å². The van der Waals surface area contributed by atoms with Crippen LogP contribution in [0.3, 0.4) is 0 Å². The normalized spacial score (nSPS) is 12.9. The van der Waals surface area contributed by atoms with Gasteiger partial charge in [0.05, 0.1) is 4.90 Å². The van der Waals surface area contributed by atoms with Gasteiger partial charge < -0.3 is 4.74 Å². The molecule has 2 aromatic carbocycles. The molecule has 1 aliphatic rings. The van der Waals surface area contributed by atoms with Crippen LogP contribution in [0.15, 0.2) is 22.0 Å². The highest BCUT2D eigenvalue weighted by molar-refractivity contribution is 7.90. The summed E-state index contributed by atoms with van der Waals surface area (Å²) < 4.78 is 29.9. The molecule has 0 N–H and O–H groups in total. The Morgan fingerprint density at radius 3 is 2.30 bits per heavy atom. The van der Waals surface area contributed by atoms with Crippen LogP contribution in [0.5, 0.6) is 11.5 Å². The molecule has 0 saturated carbocycles. The standard InChI is InChI=1S/C18H19NO3S/c1-9-7-15-14(8-16(9)23(6,20)21)19-17-12(4)10(2)11(3)13(5)18(17)22-15/h7-8H,3H2,1-2,4-6H3. The fourth-order valence-corrected chi connectivity index (χ4v) is 3.85. The Morgan fingerprint density at radius 2 is 1.70 bits per heavy atom. The third-order valence-electron chi connectivity index (χ3n) is 4.48. The van der Waals surface area contributed by atoms with E-state index in [-0.39, 0.29) is 4.90 Å². The van der Waals surface area contributed by atoms with Gasteiger partial charge in [0.1, 0.15) is 11.0 Å². The molecule has 0 bridgehead atoms. The van der Waals surface area contributed by atoms with Gasteiger partial charge in [0.2, 0.25) is 0 Å². The molecule has 0 atom stereocenters. The lowest BCUT2D eigenvalue weighted by Gasteiger charge is -2.20. The van der Waals surface area contributed by atoms with Gasteiger partial charge in [0.15, 0.2) is 21.3 Å². The van der Waals surface area contributed by atoms with Crippen molar-refractivity contribution >= 4 is 22.1 Å². The molecule has 0 aliphatic carbocycles. The van der Waals surface area contributed by atoms with Crippen molar-refractivity contribution in [1.29, 1.82) is 0 Å². The number of hydrogen-bond acceptors (Lipinski definition) is 4. The summed E-state index contributed by atoms with van der Waals surface area (Å²) >= 11 is 0. The molecular formula is C18H19NO3S. The topological polar surface area (TPSA) is 55.7 Å². The Labute approximate surface area is 136 Å². The summed E-state index contributed by atoms with van der Waals surface area (Å²) in [7, 11) is -3.30. The maximum absolute atomic E-state index is 11.9. The van der Waals surface area contributed by atoms with Crippen molar-refractivity contribution in [2.45, 2.75) is 32.6 Å². The van der Waals surface area contributed by atoms with Crippen LogP contribution in [-0.4, -0.2) is 14.7 Å². The summed E-state index contributed by atoms with van der Waals surface area (Å²) in [5.74, 6) is 1.28. The first-order chi connectivity index (χ1) is 10.6. The van der Waals surface area contributed by atoms with E-state index >= 15 is 0 Å². The van der Waals surface area contributed by atoms with Crippen LogP contribution in [0.2, 0.25) is 0 Å². The summed E-state index contributed by atoms with van der Waals surface area (Å²) in [6, 6.07) is 3.32. The molecule has 0 amide bonds. The van der Waals surface area contributed by atoms with Crippen molar-refractivity contribution in [1.82, 2.24) is 0 Å². The van der Waals surface area contributed by atoms with E-state index in [1.165, 1.54) is 6.26 Å². The summed E-state index contributed by atoms with van der Waals surface area (Å²) in [6.45, 7) is 11.8. The van der Waals surface area contributed by atoms with E-state index < -0.39 is 9.84 Å². The molecule has 3 rings (SSSR count). The second kappa shape index (κ2) is 4.93. The summed E-state index contributed by atoms with van der Waals surface area (Å²) in [5, 5.41) is 1.70. The molecule has 0 unspecified atom stereocenters. The smallest absolute Gasteiger partial charge is 0.175 e. The molecule has 1 aliphatic heterocycles. The van der Waals surface area contributed by atoms with Gasteiger partial charge in [-0.05, 0) is 61.7 Å². The lowest BCUT2D eigenvalue weighted by atomic mass is 10.0. The van der Waals surface area contributed by atoms with Gasteiger partial charge in [0, 0.05) is 11.8 Å². The van der Waals surface area contributed by atoms with Crippen LogP contribution in [0.4, 0.5) is 5.69 Å². The fraction of sp³-hybridized carbons (Fsp3) is 0.278. The highest BCUT2D eigenvalue weighted by atomic mass is 32.2. The van der Waals surface area contributed by atoms with Gasteiger partial charge >= 0.3 is 0 Å². The lowest BCUT2D eigenvalue weighted by molar-refractivity contribution is 0.463. The van der Waals surface area contributed by atoms with Gasteiger partial charge in [-0.25, -0.2) is 13.4 Å². The molecule has 0 saturated heterocycles. The molecule has 0 spiro atoms. The van der Waals surface area contributed by atoms with Crippen LogP contribution >= 0.6 is 0 Å². The number of aryl methyl sites for hydroxylation is 1. The summed E-state index contributed by atoms with van der Waals surface area (Å²) in [6.07, 6.45) is 1.20. The predicted molar refractivity (Wildman–Crippen MR) is 91.0 cm³/mol. The van der Waals surface area contributed by atoms with Gasteiger partial charge in [0.25, 0.3) is 0 Å². The van der Waals surface area contributed by atoms with Gasteiger partial charge in [-0.1, -0.05) is 6.58 Å². The van der Waals surface area contributed by atoms with E-state index in [2.05, 4.69) is 11.6 Å². The Hall–Kier alpha value is -2.14. The Kier molecular flexibility index (Phi) is 3.37. The van der Waals surface area contributed by atoms with Crippen LogP contribution in [0.25, 0.3) is 6.58 Å². The zero-order valence-electron chi connectivity index (χ0n) is 13.9. The third-order valence-corrected chi connectivity index (χ3v) is 5.72. The Morgan fingerprint density at radius 1 is 1.04 bits per heavy atom. The average Bonchev–Trinajstić information content (AvgIpc) is 2.47. The highest BCUT2D eigenvalue weighted by Crippen LogP contribution is 2.38. The Balaban J connectivity index is 2.40. The number of nitrogens with zero attached hydrogens (tertiary/aromatic N) is 1. The number of rotatable bonds is 1. The van der Waals surface area contributed by atoms with Crippen LogP contribution in [0, 0.1) is 27.7 Å². The molecule has 23 heavy (non-hydrogen) atoms. The monoisotopic (exact) mass is 329 g/mol. The number of benzene rings is 2. The fourth-order valence-electron chi connectivity index (χ4n) is 2.88. The molecule has 4 nitrogen and oxygen atoms in total. The van der Waals surface area contributed by atoms with Crippen molar-refractivity contribution in [2.75, 3.05) is 6.26 Å². The quantitative estimate of drug-likeness (QED) is 0.690. The molecule has 120 valence electrons. The van der Waals surface area contributed by atoms with Crippen LogP contribution in [0.1, 0.15) is 22.3 Å². The van der Waals surface area contributed by atoms with Crippen molar-refractivity contribution in [3.63, 3.8) is 0 Å². The Bertz CT molecular complexity index is 1070. The molecule has 0 aromatic heterocycles. The molecule has 5 heteroatoms. The molecule has 0 radical (unpaired) electrons. The SMILES string of the molecule is C=c1c(C)c(C)c2c(c1C)Oc1cc(C)c(S(C)(=O)=O)cc1N=2. The van der Waals surface area contributed by atoms with Gasteiger partial charge in [-0.3, -0.25) is 0 Å². The predicted octanol–water partition coefficient (Wildman–Crippen LogP) is 2.79. The molecular weight excluding hydrogens is 310 g/mol. The second-order valence-corrected chi connectivity index (χ2v) is 8.09. The van der Waals surface area contributed by atoms with E-state index in [1.807, 2.05) is 20.8 Å². The van der Waals surface area contributed by atoms with E-state index in [1.54, 1.807) is 19.1 Å². The van der Waals surface area contributed by atoms with Crippen molar-refractivity contribution in [3.05, 3.63) is 45.0 Å². The third kappa shape index (κ3) is 2.36. The first kappa shape index (κ1) is 15.7. The summed E-state index contributed by atoms with van der Waals surface area (Å²) in [4.78, 5) is 4.95. The lowest BCUT2D eigenvalue weighted by Crippen LogP contribution is -2.24. The zero-order valence-corrected chi connectivity index (χ0v) is 14.8. The molecule has 1 heterocycles. The zero-order chi connectivity index (χ0) is 17.1. The average molecular weight is 329 g/mol. The largest absolute Gasteiger partial charge is 0.452 e. The van der Waals surface area contributed by atoms with Crippen molar-refractivity contribution in [2.24, 2.45) is 4.99 Å². The second-order valence-electron chi connectivity index (χ2n) is 6.10. The van der Waals surface area contributed by atoms with Gasteiger partial charge in [-0.2, -0.15) is 0 Å². The van der Waals surface area contributed by atoms with Crippen LogP contribution in [-0.2, 0) is 9.84 Å².